The van der Waals surface area contributed by atoms with Gasteiger partial charge in [-0.2, -0.15) is 18.4 Å². The molecule has 114 valence electrons. The Labute approximate surface area is 117 Å². The minimum absolute atomic E-state index is 0.366. The molecule has 1 atom stereocenters. The van der Waals surface area contributed by atoms with E-state index in [0.29, 0.717) is 18.2 Å². The number of halogens is 3. The van der Waals surface area contributed by atoms with Gasteiger partial charge in [-0.05, 0) is 25.1 Å². The summed E-state index contributed by atoms with van der Waals surface area (Å²) < 4.78 is 62.8. The van der Waals surface area contributed by atoms with Crippen molar-refractivity contribution in [1.29, 1.82) is 5.26 Å². The summed E-state index contributed by atoms with van der Waals surface area (Å²) in [7, 11) is -4.32. The molecule has 0 saturated heterocycles. The van der Waals surface area contributed by atoms with Gasteiger partial charge in [0.25, 0.3) is 0 Å². The van der Waals surface area contributed by atoms with E-state index in [9.17, 15) is 26.4 Å². The van der Waals surface area contributed by atoms with Gasteiger partial charge in [0.1, 0.15) is 0 Å². The molecule has 1 unspecified atom stereocenters. The Morgan fingerprint density at radius 2 is 2.00 bits per heavy atom. The van der Waals surface area contributed by atoms with Gasteiger partial charge in [-0.15, -0.1) is 0 Å². The van der Waals surface area contributed by atoms with E-state index in [0.717, 1.165) is 6.92 Å². The van der Waals surface area contributed by atoms with Crippen LogP contribution in [-0.2, 0) is 16.2 Å². The van der Waals surface area contributed by atoms with Crippen molar-refractivity contribution in [2.75, 3.05) is 4.72 Å². The maximum Gasteiger partial charge on any atom is 0.416 e. The number of nitriles is 1. The standard InChI is InChI=1S/C11H9F3N2O4S/c1-6(5-15)21(19,20)16-9-4-7(11(12,13)14)2-3-8(9)10(17)18/h2-4,6,16H,1H3,(H,17,18). The number of carboxylic acid groups (broad SMARTS) is 1. The SMILES string of the molecule is CC(C#N)S(=O)(=O)Nc1cc(C(F)(F)F)ccc1C(=O)O. The van der Waals surface area contributed by atoms with Crippen molar-refractivity contribution < 1.29 is 31.5 Å². The number of carboxylic acids is 1. The Balaban J connectivity index is 3.39. The molecule has 0 amide bonds. The second kappa shape index (κ2) is 5.61. The minimum Gasteiger partial charge on any atom is -0.478 e. The highest BCUT2D eigenvalue weighted by molar-refractivity contribution is 7.93. The van der Waals surface area contributed by atoms with Gasteiger partial charge in [-0.1, -0.05) is 0 Å². The third-order valence-corrected chi connectivity index (χ3v) is 4.02. The predicted molar refractivity (Wildman–Crippen MR) is 66.0 cm³/mol. The number of hydrogen-bond donors (Lipinski definition) is 2. The van der Waals surface area contributed by atoms with Gasteiger partial charge in [-0.25, -0.2) is 13.2 Å². The minimum atomic E-state index is -4.77. The number of aromatic carboxylic acids is 1. The summed E-state index contributed by atoms with van der Waals surface area (Å²) in [4.78, 5) is 10.9. The van der Waals surface area contributed by atoms with E-state index in [2.05, 4.69) is 0 Å². The molecule has 1 rings (SSSR count). The second-order valence-corrected chi connectivity index (χ2v) is 5.98. The molecule has 2 N–H and O–H groups in total. The third kappa shape index (κ3) is 3.85. The number of alkyl halides is 3. The molecule has 0 saturated carbocycles. The number of nitrogens with one attached hydrogen (secondary N) is 1. The van der Waals surface area contributed by atoms with Gasteiger partial charge in [-0.3, -0.25) is 4.72 Å². The highest BCUT2D eigenvalue weighted by atomic mass is 32.2. The zero-order valence-corrected chi connectivity index (χ0v) is 11.3. The fraction of sp³-hybridized carbons (Fsp3) is 0.273. The van der Waals surface area contributed by atoms with Crippen molar-refractivity contribution >= 4 is 21.7 Å². The Morgan fingerprint density at radius 1 is 1.43 bits per heavy atom. The van der Waals surface area contributed by atoms with Crippen molar-refractivity contribution in [1.82, 2.24) is 0 Å². The van der Waals surface area contributed by atoms with E-state index in [-0.39, 0.29) is 0 Å². The number of sulfonamides is 1. The van der Waals surface area contributed by atoms with Crippen LogP contribution in [0.5, 0.6) is 0 Å². The van der Waals surface area contributed by atoms with E-state index in [1.165, 1.54) is 6.07 Å². The molecule has 10 heteroatoms. The van der Waals surface area contributed by atoms with Crippen molar-refractivity contribution in [3.05, 3.63) is 29.3 Å². The number of nitrogens with zero attached hydrogens (tertiary/aromatic N) is 1. The smallest absolute Gasteiger partial charge is 0.416 e. The van der Waals surface area contributed by atoms with Gasteiger partial charge in [0.05, 0.1) is 22.9 Å². The van der Waals surface area contributed by atoms with Gasteiger partial charge in [0.2, 0.25) is 10.0 Å². The van der Waals surface area contributed by atoms with Gasteiger partial charge in [0, 0.05) is 0 Å². The normalized spacial score (nSPS) is 13.3. The lowest BCUT2D eigenvalue weighted by molar-refractivity contribution is -0.137. The molecule has 0 heterocycles. The first kappa shape index (κ1) is 16.8. The molecule has 0 aliphatic carbocycles. The maximum absolute atomic E-state index is 12.6. The second-order valence-electron chi connectivity index (χ2n) is 3.98. The molecule has 0 bridgehead atoms. The van der Waals surface area contributed by atoms with E-state index in [1.807, 2.05) is 0 Å². The molecule has 0 aromatic heterocycles. The van der Waals surface area contributed by atoms with Gasteiger partial charge < -0.3 is 5.11 Å². The number of hydrogen-bond acceptors (Lipinski definition) is 4. The largest absolute Gasteiger partial charge is 0.478 e. The quantitative estimate of drug-likeness (QED) is 0.882. The lowest BCUT2D eigenvalue weighted by atomic mass is 10.1. The summed E-state index contributed by atoms with van der Waals surface area (Å²) in [5, 5.41) is 15.9. The molecule has 0 aliphatic rings. The van der Waals surface area contributed by atoms with E-state index in [4.69, 9.17) is 10.4 Å². The molecule has 21 heavy (non-hydrogen) atoms. The summed E-state index contributed by atoms with van der Waals surface area (Å²) in [6.07, 6.45) is -4.77. The first-order valence-electron chi connectivity index (χ1n) is 5.35. The number of rotatable bonds is 4. The van der Waals surface area contributed by atoms with E-state index >= 15 is 0 Å². The monoisotopic (exact) mass is 322 g/mol. The van der Waals surface area contributed by atoms with Crippen molar-refractivity contribution in [3.63, 3.8) is 0 Å². The van der Waals surface area contributed by atoms with Gasteiger partial charge in [0.15, 0.2) is 5.25 Å². The van der Waals surface area contributed by atoms with Crippen LogP contribution in [0.15, 0.2) is 18.2 Å². The maximum atomic E-state index is 12.6. The molecule has 0 radical (unpaired) electrons. The Hall–Kier alpha value is -2.28. The summed E-state index contributed by atoms with van der Waals surface area (Å²) in [6, 6.07) is 2.93. The fourth-order valence-corrected chi connectivity index (χ4v) is 2.09. The number of benzene rings is 1. The average molecular weight is 322 g/mol. The predicted octanol–water partition coefficient (Wildman–Crippen LogP) is 2.06. The van der Waals surface area contributed by atoms with Gasteiger partial charge >= 0.3 is 12.1 Å². The zero-order valence-electron chi connectivity index (χ0n) is 10.5. The lowest BCUT2D eigenvalue weighted by Gasteiger charge is -2.14. The Kier molecular flexibility index (Phi) is 4.48. The van der Waals surface area contributed by atoms with Crippen LogP contribution in [0.3, 0.4) is 0 Å². The van der Waals surface area contributed by atoms with Crippen molar-refractivity contribution in [3.8, 4) is 6.07 Å². The zero-order chi connectivity index (χ0) is 16.4. The van der Waals surface area contributed by atoms with Crippen molar-refractivity contribution in [2.24, 2.45) is 0 Å². The van der Waals surface area contributed by atoms with Crippen LogP contribution in [-0.4, -0.2) is 24.7 Å². The van der Waals surface area contributed by atoms with Crippen LogP contribution in [0.4, 0.5) is 18.9 Å². The summed E-state index contributed by atoms with van der Waals surface area (Å²) in [5.41, 5.74) is -2.62. The number of anilines is 1. The van der Waals surface area contributed by atoms with Crippen LogP contribution < -0.4 is 4.72 Å². The van der Waals surface area contributed by atoms with Crippen LogP contribution in [0, 0.1) is 11.3 Å². The first-order chi connectivity index (χ1) is 9.49. The molecular formula is C11H9F3N2O4S. The van der Waals surface area contributed by atoms with Crippen molar-refractivity contribution in [2.45, 2.75) is 18.3 Å². The van der Waals surface area contributed by atoms with E-state index < -0.39 is 44.2 Å². The molecule has 6 nitrogen and oxygen atoms in total. The molecule has 1 aromatic rings. The third-order valence-electron chi connectivity index (χ3n) is 2.48. The highest BCUT2D eigenvalue weighted by Gasteiger charge is 2.32. The molecular weight excluding hydrogens is 313 g/mol. The Morgan fingerprint density at radius 3 is 2.43 bits per heavy atom. The molecule has 0 fully saturated rings. The average Bonchev–Trinajstić information content (AvgIpc) is 2.35. The highest BCUT2D eigenvalue weighted by Crippen LogP contribution is 2.32. The molecule has 0 aliphatic heterocycles. The fourth-order valence-electron chi connectivity index (χ4n) is 1.30. The lowest BCUT2D eigenvalue weighted by Crippen LogP contribution is -2.25. The van der Waals surface area contributed by atoms with E-state index in [1.54, 1.807) is 4.72 Å². The topological polar surface area (TPSA) is 107 Å². The van der Waals surface area contributed by atoms with Crippen LogP contribution in [0.1, 0.15) is 22.8 Å². The summed E-state index contributed by atoms with van der Waals surface area (Å²) in [6.45, 7) is 1.01. The molecule has 0 spiro atoms. The van der Waals surface area contributed by atoms with Crippen LogP contribution in [0.2, 0.25) is 0 Å². The summed E-state index contributed by atoms with van der Waals surface area (Å²) >= 11 is 0. The molecule has 1 aromatic carbocycles. The first-order valence-corrected chi connectivity index (χ1v) is 6.89. The van der Waals surface area contributed by atoms with Crippen LogP contribution >= 0.6 is 0 Å². The van der Waals surface area contributed by atoms with Crippen LogP contribution in [0.25, 0.3) is 0 Å². The number of carbonyl (C=O) groups is 1. The summed E-state index contributed by atoms with van der Waals surface area (Å²) in [5.74, 6) is -1.61. The Bertz CT molecular complexity index is 707.